The molecule has 1 aliphatic heterocycles. The van der Waals surface area contributed by atoms with Gasteiger partial charge in [-0.1, -0.05) is 12.1 Å². The van der Waals surface area contributed by atoms with Crippen molar-refractivity contribution >= 4 is 27.5 Å². The molecule has 1 aromatic carbocycles. The number of benzene rings is 1. The number of aryl methyl sites for hydroxylation is 1. The molecule has 0 spiro atoms. The van der Waals surface area contributed by atoms with Crippen molar-refractivity contribution in [3.63, 3.8) is 0 Å². The Hall–Kier alpha value is -1.50. The minimum atomic E-state index is -0.122. The van der Waals surface area contributed by atoms with Gasteiger partial charge in [-0.3, -0.25) is 4.79 Å². The summed E-state index contributed by atoms with van der Waals surface area (Å²) in [5.41, 5.74) is 1.02. The van der Waals surface area contributed by atoms with E-state index in [1.165, 1.54) is 4.70 Å². The Labute approximate surface area is 146 Å². The number of nitrogens with zero attached hydrogens (tertiary/aromatic N) is 2. The molecule has 5 nitrogen and oxygen atoms in total. The Balaban J connectivity index is 1.31. The van der Waals surface area contributed by atoms with E-state index in [0.717, 1.165) is 56.0 Å². The Morgan fingerprint density at radius 3 is 2.92 bits per heavy atom. The van der Waals surface area contributed by atoms with E-state index in [-0.39, 0.29) is 12.0 Å². The number of rotatable bonds is 7. The molecule has 0 aliphatic carbocycles. The van der Waals surface area contributed by atoms with Gasteiger partial charge in [-0.25, -0.2) is 4.98 Å². The Bertz CT molecular complexity index is 632. The van der Waals surface area contributed by atoms with Gasteiger partial charge in [-0.15, -0.1) is 11.3 Å². The molecule has 0 bridgehead atoms. The summed E-state index contributed by atoms with van der Waals surface area (Å²) in [6.45, 7) is 3.64. The third-order valence-electron chi connectivity index (χ3n) is 4.43. The van der Waals surface area contributed by atoms with Crippen molar-refractivity contribution < 1.29 is 9.90 Å². The van der Waals surface area contributed by atoms with Gasteiger partial charge < -0.3 is 15.3 Å². The summed E-state index contributed by atoms with van der Waals surface area (Å²) in [5.74, 6) is 0.100. The van der Waals surface area contributed by atoms with Gasteiger partial charge in [0, 0.05) is 32.5 Å². The number of aromatic nitrogens is 1. The van der Waals surface area contributed by atoms with E-state index in [9.17, 15) is 9.90 Å². The van der Waals surface area contributed by atoms with Crippen molar-refractivity contribution in [2.75, 3.05) is 26.2 Å². The lowest BCUT2D eigenvalue weighted by molar-refractivity contribution is -0.121. The van der Waals surface area contributed by atoms with Crippen LogP contribution in [0.1, 0.15) is 30.7 Å². The highest BCUT2D eigenvalue weighted by Gasteiger charge is 2.16. The molecule has 0 saturated carbocycles. The number of fused-ring (bicyclic) bond motifs is 1. The summed E-state index contributed by atoms with van der Waals surface area (Å²) in [4.78, 5) is 18.9. The highest BCUT2D eigenvalue weighted by atomic mass is 32.1. The number of carbonyl (C=O) groups is 1. The van der Waals surface area contributed by atoms with E-state index in [1.807, 2.05) is 18.2 Å². The maximum atomic E-state index is 11.9. The lowest BCUT2D eigenvalue weighted by Crippen LogP contribution is -2.37. The van der Waals surface area contributed by atoms with Crippen LogP contribution in [0.5, 0.6) is 0 Å². The lowest BCUT2D eigenvalue weighted by atomic mass is 10.1. The molecule has 24 heavy (non-hydrogen) atoms. The van der Waals surface area contributed by atoms with Crippen molar-refractivity contribution in [2.45, 2.75) is 38.2 Å². The molecule has 0 atom stereocenters. The second-order valence-electron chi connectivity index (χ2n) is 6.35. The van der Waals surface area contributed by atoms with E-state index in [0.29, 0.717) is 12.8 Å². The molecule has 2 aromatic rings. The molecule has 1 aliphatic rings. The van der Waals surface area contributed by atoms with Crippen LogP contribution in [-0.4, -0.2) is 53.2 Å². The monoisotopic (exact) mass is 347 g/mol. The average molecular weight is 347 g/mol. The zero-order valence-electron chi connectivity index (χ0n) is 13.9. The molecule has 1 saturated heterocycles. The summed E-state index contributed by atoms with van der Waals surface area (Å²) in [5, 5.41) is 13.5. The molecule has 0 radical (unpaired) electrons. The molecule has 1 fully saturated rings. The van der Waals surface area contributed by atoms with E-state index in [1.54, 1.807) is 11.3 Å². The first kappa shape index (κ1) is 17.3. The Kier molecular flexibility index (Phi) is 6.18. The molecular weight excluding hydrogens is 322 g/mol. The number of para-hydroxylation sites is 1. The SMILES string of the molecule is O=C(CCc1nc2ccccc2s1)NCCCN1CCC(O)CC1. The van der Waals surface area contributed by atoms with Gasteiger partial charge in [0.2, 0.25) is 5.91 Å². The topological polar surface area (TPSA) is 65.5 Å². The van der Waals surface area contributed by atoms with Crippen LogP contribution in [0.2, 0.25) is 0 Å². The second kappa shape index (κ2) is 8.55. The fourth-order valence-corrected chi connectivity index (χ4v) is 3.98. The molecular formula is C18H25N3O2S. The molecule has 130 valence electrons. The van der Waals surface area contributed by atoms with Crippen molar-refractivity contribution in [3.8, 4) is 0 Å². The maximum Gasteiger partial charge on any atom is 0.220 e. The predicted molar refractivity (Wildman–Crippen MR) is 97.2 cm³/mol. The first-order chi connectivity index (χ1) is 11.7. The maximum absolute atomic E-state index is 11.9. The number of amides is 1. The fraction of sp³-hybridized carbons (Fsp3) is 0.556. The van der Waals surface area contributed by atoms with Crippen molar-refractivity contribution in [1.29, 1.82) is 0 Å². The van der Waals surface area contributed by atoms with Gasteiger partial charge in [0.15, 0.2) is 0 Å². The zero-order valence-corrected chi connectivity index (χ0v) is 14.7. The minimum Gasteiger partial charge on any atom is -0.393 e. The van der Waals surface area contributed by atoms with E-state index < -0.39 is 0 Å². The van der Waals surface area contributed by atoms with Crippen LogP contribution < -0.4 is 5.32 Å². The number of hydrogen-bond acceptors (Lipinski definition) is 5. The van der Waals surface area contributed by atoms with Gasteiger partial charge in [0.05, 0.1) is 21.3 Å². The molecule has 3 rings (SSSR count). The third kappa shape index (κ3) is 5.00. The number of piperidine rings is 1. The number of likely N-dealkylation sites (tertiary alicyclic amines) is 1. The van der Waals surface area contributed by atoms with E-state index >= 15 is 0 Å². The molecule has 1 aromatic heterocycles. The number of thiazole rings is 1. The molecule has 1 amide bonds. The smallest absolute Gasteiger partial charge is 0.220 e. The van der Waals surface area contributed by atoms with Crippen molar-refractivity contribution in [3.05, 3.63) is 29.3 Å². The highest BCUT2D eigenvalue weighted by molar-refractivity contribution is 7.18. The first-order valence-corrected chi connectivity index (χ1v) is 9.54. The van der Waals surface area contributed by atoms with Crippen LogP contribution in [-0.2, 0) is 11.2 Å². The van der Waals surface area contributed by atoms with Crippen molar-refractivity contribution in [2.24, 2.45) is 0 Å². The first-order valence-electron chi connectivity index (χ1n) is 8.72. The number of aliphatic hydroxyl groups excluding tert-OH is 1. The lowest BCUT2D eigenvalue weighted by Gasteiger charge is -2.29. The van der Waals surface area contributed by atoms with Gasteiger partial charge in [-0.2, -0.15) is 0 Å². The quantitative estimate of drug-likeness (QED) is 0.754. The standard InChI is InChI=1S/C18H25N3O2S/c22-14-8-12-21(13-9-14)11-3-10-19-17(23)6-7-18-20-15-4-1-2-5-16(15)24-18/h1-2,4-5,14,22H,3,6-13H2,(H,19,23). The summed E-state index contributed by atoms with van der Waals surface area (Å²) in [7, 11) is 0. The van der Waals surface area contributed by atoms with Gasteiger partial charge >= 0.3 is 0 Å². The summed E-state index contributed by atoms with van der Waals surface area (Å²) >= 11 is 1.67. The average Bonchev–Trinajstić information content (AvgIpc) is 3.01. The van der Waals surface area contributed by atoms with Crippen LogP contribution >= 0.6 is 11.3 Å². The van der Waals surface area contributed by atoms with Crippen molar-refractivity contribution in [1.82, 2.24) is 15.2 Å². The Morgan fingerprint density at radius 2 is 2.12 bits per heavy atom. The molecule has 0 unspecified atom stereocenters. The van der Waals surface area contributed by atoms with Gasteiger partial charge in [0.1, 0.15) is 0 Å². The molecule has 2 heterocycles. The number of aliphatic hydroxyl groups is 1. The highest BCUT2D eigenvalue weighted by Crippen LogP contribution is 2.22. The molecule has 6 heteroatoms. The summed E-state index contributed by atoms with van der Waals surface area (Å²) < 4.78 is 1.18. The Morgan fingerprint density at radius 1 is 1.33 bits per heavy atom. The number of hydrogen-bond donors (Lipinski definition) is 2. The second-order valence-corrected chi connectivity index (χ2v) is 7.47. The largest absolute Gasteiger partial charge is 0.393 e. The van der Waals surface area contributed by atoms with Crippen LogP contribution in [0.3, 0.4) is 0 Å². The van der Waals surface area contributed by atoms with Gasteiger partial charge in [0.25, 0.3) is 0 Å². The van der Waals surface area contributed by atoms with Crippen LogP contribution in [0.15, 0.2) is 24.3 Å². The third-order valence-corrected chi connectivity index (χ3v) is 5.53. The van der Waals surface area contributed by atoms with E-state index in [4.69, 9.17) is 0 Å². The predicted octanol–water partition coefficient (Wildman–Crippen LogP) is 2.19. The van der Waals surface area contributed by atoms with Crippen LogP contribution in [0, 0.1) is 0 Å². The molecule has 2 N–H and O–H groups in total. The summed E-state index contributed by atoms with van der Waals surface area (Å²) in [6, 6.07) is 8.08. The van der Waals surface area contributed by atoms with E-state index in [2.05, 4.69) is 21.3 Å². The fourth-order valence-electron chi connectivity index (χ4n) is 3.01. The minimum absolute atomic E-state index is 0.100. The van der Waals surface area contributed by atoms with Crippen LogP contribution in [0.25, 0.3) is 10.2 Å². The number of carbonyl (C=O) groups excluding carboxylic acids is 1. The van der Waals surface area contributed by atoms with Gasteiger partial charge in [-0.05, 0) is 37.9 Å². The van der Waals surface area contributed by atoms with Crippen LogP contribution in [0.4, 0.5) is 0 Å². The summed E-state index contributed by atoms with van der Waals surface area (Å²) in [6.07, 6.45) is 3.78. The zero-order chi connectivity index (χ0) is 16.8. The number of nitrogens with one attached hydrogen (secondary N) is 1. The normalized spacial score (nSPS) is 16.5.